The zero-order valence-corrected chi connectivity index (χ0v) is 22.6. The first kappa shape index (κ1) is 27.8. The number of fused-ring (bicyclic) bond motifs is 1. The smallest absolute Gasteiger partial charge is 0.224 e. The van der Waals surface area contributed by atoms with E-state index in [-0.39, 0.29) is 12.5 Å². The van der Waals surface area contributed by atoms with Crippen molar-refractivity contribution >= 4 is 45.5 Å². The summed E-state index contributed by atoms with van der Waals surface area (Å²) in [7, 11) is 3.94. The van der Waals surface area contributed by atoms with Crippen LogP contribution in [0.1, 0.15) is 29.7 Å². The number of nitrogens with zero attached hydrogens (tertiary/aromatic N) is 4. The van der Waals surface area contributed by atoms with Gasteiger partial charge in [-0.2, -0.15) is 5.26 Å². The minimum atomic E-state index is -0.419. The number of halogens is 2. The Morgan fingerprint density at radius 2 is 1.97 bits per heavy atom. The number of benzene rings is 2. The van der Waals surface area contributed by atoms with Gasteiger partial charge in [0, 0.05) is 29.4 Å². The molecule has 0 atom stereocenters. The summed E-state index contributed by atoms with van der Waals surface area (Å²) in [5.41, 5.74) is 4.29. The van der Waals surface area contributed by atoms with E-state index in [1.54, 1.807) is 24.3 Å². The quantitative estimate of drug-likeness (QED) is 0.244. The molecule has 0 aliphatic rings. The van der Waals surface area contributed by atoms with Crippen LogP contribution in [0.2, 0.25) is 5.02 Å². The van der Waals surface area contributed by atoms with E-state index in [1.807, 2.05) is 38.1 Å². The van der Waals surface area contributed by atoms with Crippen LogP contribution in [0.3, 0.4) is 0 Å². The van der Waals surface area contributed by atoms with Crippen LogP contribution in [0.15, 0.2) is 54.9 Å². The number of aromatic nitrogens is 2. The summed E-state index contributed by atoms with van der Waals surface area (Å²) in [6.07, 6.45) is 3.79. The number of nitrogens with one attached hydrogen (secondary N) is 2. The van der Waals surface area contributed by atoms with Crippen LogP contribution in [-0.2, 0) is 11.4 Å². The maximum atomic E-state index is 13.1. The predicted molar refractivity (Wildman–Crippen MR) is 151 cm³/mol. The third-order valence-corrected chi connectivity index (χ3v) is 6.28. The first-order valence-corrected chi connectivity index (χ1v) is 12.7. The van der Waals surface area contributed by atoms with Crippen LogP contribution in [-0.4, -0.2) is 41.4 Å². The third-order valence-electron chi connectivity index (χ3n) is 5.98. The average Bonchev–Trinajstić information content (AvgIpc) is 2.90. The molecule has 10 heteroatoms. The van der Waals surface area contributed by atoms with Crippen molar-refractivity contribution < 1.29 is 13.9 Å². The van der Waals surface area contributed by atoms with Gasteiger partial charge in [-0.05, 0) is 82.0 Å². The number of ether oxygens (including phenoxy) is 1. The van der Waals surface area contributed by atoms with E-state index in [2.05, 4.69) is 26.7 Å². The first-order valence-electron chi connectivity index (χ1n) is 12.3. The fourth-order valence-electron chi connectivity index (χ4n) is 3.95. The second-order valence-electron chi connectivity index (χ2n) is 9.32. The molecule has 0 fully saturated rings. The number of carbonyl (C=O) groups excluding carboxylic acids is 1. The zero-order valence-electron chi connectivity index (χ0n) is 21.9. The maximum absolute atomic E-state index is 13.1. The predicted octanol–water partition coefficient (Wildman–Crippen LogP) is 6.21. The van der Waals surface area contributed by atoms with Gasteiger partial charge in [0.05, 0.1) is 33.7 Å². The minimum absolute atomic E-state index is 0.0728. The molecule has 0 aliphatic heterocycles. The number of hydrogen-bond donors (Lipinski definition) is 2. The molecule has 0 aliphatic carbocycles. The second-order valence-corrected chi connectivity index (χ2v) is 9.73. The summed E-state index contributed by atoms with van der Waals surface area (Å²) < 4.78 is 18.8. The van der Waals surface area contributed by atoms with E-state index in [4.69, 9.17) is 16.3 Å². The van der Waals surface area contributed by atoms with Crippen LogP contribution in [0.25, 0.3) is 10.9 Å². The van der Waals surface area contributed by atoms with E-state index in [9.17, 15) is 14.4 Å². The van der Waals surface area contributed by atoms with E-state index < -0.39 is 5.82 Å². The molecule has 0 bridgehead atoms. The second kappa shape index (κ2) is 12.5. The summed E-state index contributed by atoms with van der Waals surface area (Å²) in [6.45, 7) is 2.86. The van der Waals surface area contributed by atoms with E-state index in [1.165, 1.54) is 12.3 Å². The molecule has 2 N–H and O–H groups in total. The molecule has 4 rings (SSSR count). The van der Waals surface area contributed by atoms with Gasteiger partial charge in [0.2, 0.25) is 5.91 Å². The minimum Gasteiger partial charge on any atom is -0.486 e. The van der Waals surface area contributed by atoms with Crippen molar-refractivity contribution in [2.75, 3.05) is 31.3 Å². The average molecular weight is 547 g/mol. The van der Waals surface area contributed by atoms with E-state index >= 15 is 0 Å². The van der Waals surface area contributed by atoms with Gasteiger partial charge in [-0.1, -0.05) is 11.6 Å². The van der Waals surface area contributed by atoms with Gasteiger partial charge >= 0.3 is 0 Å². The fraction of sp³-hybridized carbons (Fsp3) is 0.241. The third kappa shape index (κ3) is 7.19. The lowest BCUT2D eigenvalue weighted by molar-refractivity contribution is -0.116. The van der Waals surface area contributed by atoms with Gasteiger partial charge in [0.25, 0.3) is 0 Å². The monoisotopic (exact) mass is 546 g/mol. The lowest BCUT2D eigenvalue weighted by Crippen LogP contribution is -2.17. The van der Waals surface area contributed by atoms with Crippen molar-refractivity contribution in [3.63, 3.8) is 0 Å². The summed E-state index contributed by atoms with van der Waals surface area (Å²) in [6, 6.07) is 13.9. The zero-order chi connectivity index (χ0) is 27.9. The van der Waals surface area contributed by atoms with Gasteiger partial charge < -0.3 is 20.3 Å². The van der Waals surface area contributed by atoms with Crippen molar-refractivity contribution in [1.82, 2.24) is 14.9 Å². The van der Waals surface area contributed by atoms with Crippen molar-refractivity contribution in [2.24, 2.45) is 0 Å². The Morgan fingerprint density at radius 1 is 1.15 bits per heavy atom. The molecule has 2 aromatic carbocycles. The van der Waals surface area contributed by atoms with Crippen molar-refractivity contribution in [2.45, 2.75) is 26.4 Å². The molecule has 0 spiro atoms. The van der Waals surface area contributed by atoms with Crippen LogP contribution >= 0.6 is 11.6 Å². The van der Waals surface area contributed by atoms with E-state index in [0.29, 0.717) is 56.4 Å². The standard InChI is InChI=1S/C29H28ClFN6O2/c1-18-11-26-23(13-25(18)36-28(38)5-4-10-37(2)3)29(19(14-32)15-34-26)35-21-8-9-27(24(30)12-21)39-17-22-7-6-20(31)16-33-22/h6-9,11-13,15-16H,4-5,10,17H2,1-3H3,(H,34,35)(H,36,38). The summed E-state index contributed by atoms with van der Waals surface area (Å²) in [4.78, 5) is 23.0. The summed E-state index contributed by atoms with van der Waals surface area (Å²) in [5.74, 6) is -0.0583. The number of aryl methyl sites for hydroxylation is 1. The van der Waals surface area contributed by atoms with Crippen molar-refractivity contribution in [1.29, 1.82) is 5.26 Å². The highest BCUT2D eigenvalue weighted by atomic mass is 35.5. The fourth-order valence-corrected chi connectivity index (χ4v) is 4.18. The lowest BCUT2D eigenvalue weighted by Gasteiger charge is -2.16. The largest absolute Gasteiger partial charge is 0.486 e. The van der Waals surface area contributed by atoms with Crippen LogP contribution in [0.4, 0.5) is 21.5 Å². The van der Waals surface area contributed by atoms with Gasteiger partial charge in [0.15, 0.2) is 0 Å². The van der Waals surface area contributed by atoms with Gasteiger partial charge in [-0.3, -0.25) is 14.8 Å². The molecule has 0 radical (unpaired) electrons. The maximum Gasteiger partial charge on any atom is 0.224 e. The Morgan fingerprint density at radius 3 is 2.67 bits per heavy atom. The van der Waals surface area contributed by atoms with E-state index in [0.717, 1.165) is 24.7 Å². The highest BCUT2D eigenvalue weighted by Crippen LogP contribution is 2.35. The Hall–Kier alpha value is -4.26. The van der Waals surface area contributed by atoms with Crippen LogP contribution in [0, 0.1) is 24.1 Å². The first-order chi connectivity index (χ1) is 18.7. The molecule has 39 heavy (non-hydrogen) atoms. The molecule has 0 unspecified atom stereocenters. The summed E-state index contributed by atoms with van der Waals surface area (Å²) >= 11 is 6.47. The molecule has 2 aromatic heterocycles. The molecule has 0 saturated heterocycles. The Kier molecular flexibility index (Phi) is 8.92. The topological polar surface area (TPSA) is 103 Å². The SMILES string of the molecule is Cc1cc2ncc(C#N)c(Nc3ccc(OCc4ccc(F)cn4)c(Cl)c3)c2cc1NC(=O)CCCN(C)C. The molecule has 0 saturated carbocycles. The van der Waals surface area contributed by atoms with Crippen LogP contribution < -0.4 is 15.4 Å². The Bertz CT molecular complexity index is 1540. The highest BCUT2D eigenvalue weighted by molar-refractivity contribution is 6.32. The van der Waals surface area contributed by atoms with Crippen molar-refractivity contribution in [3.8, 4) is 11.8 Å². The molecular formula is C29H28ClFN6O2. The Balaban J connectivity index is 1.57. The molecule has 2 heterocycles. The molecule has 200 valence electrons. The number of nitriles is 1. The van der Waals surface area contributed by atoms with Gasteiger partial charge in [-0.15, -0.1) is 0 Å². The van der Waals surface area contributed by atoms with Crippen molar-refractivity contribution in [3.05, 3.63) is 82.5 Å². The van der Waals surface area contributed by atoms with Gasteiger partial charge in [0.1, 0.15) is 24.2 Å². The summed E-state index contributed by atoms with van der Waals surface area (Å²) in [5, 5.41) is 17.1. The number of carbonyl (C=O) groups is 1. The molecule has 4 aromatic rings. The highest BCUT2D eigenvalue weighted by Gasteiger charge is 2.14. The molecule has 1 amide bonds. The Labute approximate surface area is 231 Å². The number of pyridine rings is 2. The number of hydrogen-bond acceptors (Lipinski definition) is 7. The lowest BCUT2D eigenvalue weighted by atomic mass is 10.0. The van der Waals surface area contributed by atoms with Gasteiger partial charge in [-0.25, -0.2) is 4.39 Å². The normalized spacial score (nSPS) is 10.9. The number of anilines is 3. The molecular weight excluding hydrogens is 519 g/mol. The molecule has 8 nitrogen and oxygen atoms in total. The number of amides is 1. The van der Waals surface area contributed by atoms with Crippen LogP contribution in [0.5, 0.6) is 5.75 Å². The number of rotatable bonds is 10.